The van der Waals surface area contributed by atoms with Crippen molar-refractivity contribution in [1.29, 1.82) is 0 Å². The summed E-state index contributed by atoms with van der Waals surface area (Å²) < 4.78 is 5.47. The lowest BCUT2D eigenvalue weighted by molar-refractivity contribution is -0.117. The quantitative estimate of drug-likeness (QED) is 0.738. The number of carbonyl (C=O) groups excluding carboxylic acids is 2. The van der Waals surface area contributed by atoms with Gasteiger partial charge in [-0.1, -0.05) is 24.8 Å². The van der Waals surface area contributed by atoms with Crippen LogP contribution in [-0.4, -0.2) is 40.5 Å². The van der Waals surface area contributed by atoms with Gasteiger partial charge in [0.15, 0.2) is 5.78 Å². The number of carbonyl (C=O) groups is 2. The molecule has 0 unspecified atom stereocenters. The maximum Gasteiger partial charge on any atom is 0.411 e. The van der Waals surface area contributed by atoms with Crippen molar-refractivity contribution in [1.82, 2.24) is 15.2 Å². The molecule has 1 aromatic heterocycles. The van der Waals surface area contributed by atoms with Crippen LogP contribution in [0.2, 0.25) is 0 Å². The van der Waals surface area contributed by atoms with Crippen molar-refractivity contribution in [2.24, 2.45) is 0 Å². The van der Waals surface area contributed by atoms with E-state index < -0.39 is 11.7 Å². The molecule has 0 fully saturated rings. The standard InChI is InChI=1S/C24H28N4O3/c1-17(27-19-8-6-5-7-9-19)22-20(26-14-18-10-12-25-13-11-18)15-28(16-21(22)29)23(30)31-24(2,3)4/h5-13,26-27H,1,14-16H2,2-4H3. The van der Waals surface area contributed by atoms with Crippen LogP contribution < -0.4 is 10.6 Å². The zero-order chi connectivity index (χ0) is 22.4. The second kappa shape index (κ2) is 9.47. The molecule has 2 aromatic rings. The van der Waals surface area contributed by atoms with Crippen molar-refractivity contribution < 1.29 is 14.3 Å². The average molecular weight is 421 g/mol. The van der Waals surface area contributed by atoms with Gasteiger partial charge < -0.3 is 15.4 Å². The molecule has 31 heavy (non-hydrogen) atoms. The summed E-state index contributed by atoms with van der Waals surface area (Å²) in [6.45, 7) is 10.1. The van der Waals surface area contributed by atoms with Gasteiger partial charge in [-0.05, 0) is 50.6 Å². The van der Waals surface area contributed by atoms with Gasteiger partial charge in [0, 0.05) is 36.0 Å². The fourth-order valence-corrected chi connectivity index (χ4v) is 3.16. The average Bonchev–Trinajstić information content (AvgIpc) is 2.72. The Morgan fingerprint density at radius 3 is 2.45 bits per heavy atom. The summed E-state index contributed by atoms with van der Waals surface area (Å²) in [5.41, 5.74) is 2.75. The predicted octanol–water partition coefficient (Wildman–Crippen LogP) is 3.87. The topological polar surface area (TPSA) is 83.6 Å². The van der Waals surface area contributed by atoms with Crippen LogP contribution in [0.1, 0.15) is 26.3 Å². The first-order valence-corrected chi connectivity index (χ1v) is 10.1. The largest absolute Gasteiger partial charge is 0.444 e. The number of pyridine rings is 1. The Labute approximate surface area is 182 Å². The summed E-state index contributed by atoms with van der Waals surface area (Å²) in [6.07, 6.45) is 2.90. The van der Waals surface area contributed by atoms with E-state index in [4.69, 9.17) is 4.74 Å². The molecular formula is C24H28N4O3. The lowest BCUT2D eigenvalue weighted by Gasteiger charge is -2.32. The van der Waals surface area contributed by atoms with E-state index in [0.29, 0.717) is 23.5 Å². The molecule has 1 amide bonds. The number of hydrogen-bond donors (Lipinski definition) is 2. The summed E-state index contributed by atoms with van der Waals surface area (Å²) in [7, 11) is 0. The van der Waals surface area contributed by atoms with Gasteiger partial charge >= 0.3 is 6.09 Å². The van der Waals surface area contributed by atoms with Gasteiger partial charge in [-0.15, -0.1) is 0 Å². The highest BCUT2D eigenvalue weighted by molar-refractivity contribution is 6.04. The molecule has 2 N–H and O–H groups in total. The molecule has 0 aliphatic carbocycles. The highest BCUT2D eigenvalue weighted by Gasteiger charge is 2.32. The van der Waals surface area contributed by atoms with E-state index in [2.05, 4.69) is 22.2 Å². The summed E-state index contributed by atoms with van der Waals surface area (Å²) in [6, 6.07) is 13.3. The third kappa shape index (κ3) is 6.18. The number of Topliss-reactive ketones (excluding diaryl/α,β-unsaturated/α-hetero) is 1. The normalized spacial score (nSPS) is 14.3. The van der Waals surface area contributed by atoms with Gasteiger partial charge in [-0.25, -0.2) is 4.79 Å². The van der Waals surface area contributed by atoms with Gasteiger partial charge in [-0.3, -0.25) is 14.7 Å². The first-order valence-electron chi connectivity index (χ1n) is 10.1. The van der Waals surface area contributed by atoms with Crippen LogP contribution in [0.5, 0.6) is 0 Å². The molecule has 1 aliphatic heterocycles. The molecule has 0 radical (unpaired) electrons. The number of ether oxygens (including phenoxy) is 1. The maximum absolute atomic E-state index is 13.1. The highest BCUT2D eigenvalue weighted by atomic mass is 16.6. The van der Waals surface area contributed by atoms with E-state index in [1.807, 2.05) is 42.5 Å². The Hall–Kier alpha value is -3.61. The number of rotatable bonds is 6. The first kappa shape index (κ1) is 22.1. The lowest BCUT2D eigenvalue weighted by Crippen LogP contribution is -2.47. The summed E-state index contributed by atoms with van der Waals surface area (Å²) in [5, 5.41) is 6.51. The predicted molar refractivity (Wildman–Crippen MR) is 120 cm³/mol. The fourth-order valence-electron chi connectivity index (χ4n) is 3.16. The Kier molecular flexibility index (Phi) is 6.74. The van der Waals surface area contributed by atoms with Gasteiger partial charge in [0.05, 0.1) is 18.7 Å². The SMILES string of the molecule is C=C(Nc1ccccc1)C1=C(NCc2ccncc2)CN(C(=O)OC(C)(C)C)CC1=O. The molecule has 0 spiro atoms. The van der Waals surface area contributed by atoms with Crippen LogP contribution in [0.4, 0.5) is 10.5 Å². The minimum absolute atomic E-state index is 0.0693. The second-order valence-corrected chi connectivity index (χ2v) is 8.29. The van der Waals surface area contributed by atoms with Crippen LogP contribution >= 0.6 is 0 Å². The molecule has 0 atom stereocenters. The van der Waals surface area contributed by atoms with Crippen molar-refractivity contribution in [2.45, 2.75) is 32.9 Å². The number of ketones is 1. The second-order valence-electron chi connectivity index (χ2n) is 8.29. The van der Waals surface area contributed by atoms with E-state index in [1.165, 1.54) is 4.90 Å². The van der Waals surface area contributed by atoms with E-state index in [0.717, 1.165) is 11.3 Å². The van der Waals surface area contributed by atoms with Crippen LogP contribution in [-0.2, 0) is 16.1 Å². The molecular weight excluding hydrogens is 392 g/mol. The maximum atomic E-state index is 13.1. The van der Waals surface area contributed by atoms with E-state index in [-0.39, 0.29) is 18.9 Å². The van der Waals surface area contributed by atoms with Crippen molar-refractivity contribution in [3.05, 3.63) is 84.0 Å². The summed E-state index contributed by atoms with van der Waals surface area (Å²) >= 11 is 0. The number of anilines is 1. The molecule has 0 saturated heterocycles. The molecule has 1 aliphatic rings. The van der Waals surface area contributed by atoms with Gasteiger partial charge in [0.25, 0.3) is 0 Å². The molecule has 1 aromatic carbocycles. The molecule has 162 valence electrons. The summed E-state index contributed by atoms with van der Waals surface area (Å²) in [4.78, 5) is 31.1. The van der Waals surface area contributed by atoms with Crippen LogP contribution in [0.3, 0.4) is 0 Å². The Balaban J connectivity index is 1.85. The number of benzene rings is 1. The third-order valence-electron chi connectivity index (χ3n) is 4.54. The number of hydrogen-bond acceptors (Lipinski definition) is 6. The van der Waals surface area contributed by atoms with Gasteiger partial charge in [0.2, 0.25) is 0 Å². The number of para-hydroxylation sites is 1. The number of nitrogens with zero attached hydrogens (tertiary/aromatic N) is 2. The van der Waals surface area contributed by atoms with Gasteiger partial charge in [-0.2, -0.15) is 0 Å². The van der Waals surface area contributed by atoms with Crippen molar-refractivity contribution in [2.75, 3.05) is 18.4 Å². The zero-order valence-corrected chi connectivity index (χ0v) is 18.1. The molecule has 2 heterocycles. The molecule has 0 bridgehead atoms. The van der Waals surface area contributed by atoms with Crippen molar-refractivity contribution in [3.63, 3.8) is 0 Å². The smallest absolute Gasteiger partial charge is 0.411 e. The molecule has 0 saturated carbocycles. The Morgan fingerprint density at radius 2 is 1.81 bits per heavy atom. The Bertz CT molecular complexity index is 979. The molecule has 7 nitrogen and oxygen atoms in total. The van der Waals surface area contributed by atoms with Crippen LogP contribution in [0.25, 0.3) is 0 Å². The van der Waals surface area contributed by atoms with E-state index >= 15 is 0 Å². The minimum Gasteiger partial charge on any atom is -0.444 e. The van der Waals surface area contributed by atoms with E-state index in [9.17, 15) is 9.59 Å². The molecule has 3 rings (SSSR count). The first-order chi connectivity index (χ1) is 14.7. The van der Waals surface area contributed by atoms with Gasteiger partial charge in [0.1, 0.15) is 5.60 Å². The van der Waals surface area contributed by atoms with E-state index in [1.54, 1.807) is 33.2 Å². The number of nitrogens with one attached hydrogen (secondary N) is 2. The number of amides is 1. The van der Waals surface area contributed by atoms with Crippen molar-refractivity contribution in [3.8, 4) is 0 Å². The van der Waals surface area contributed by atoms with Crippen LogP contribution in [0, 0.1) is 0 Å². The fraction of sp³-hybridized carbons (Fsp3) is 0.292. The Morgan fingerprint density at radius 1 is 1.13 bits per heavy atom. The zero-order valence-electron chi connectivity index (χ0n) is 18.1. The summed E-state index contributed by atoms with van der Waals surface area (Å²) in [5.74, 6) is -0.206. The highest BCUT2D eigenvalue weighted by Crippen LogP contribution is 2.23. The minimum atomic E-state index is -0.646. The monoisotopic (exact) mass is 420 g/mol. The third-order valence-corrected chi connectivity index (χ3v) is 4.54. The lowest BCUT2D eigenvalue weighted by atomic mass is 10.0. The van der Waals surface area contributed by atoms with Crippen molar-refractivity contribution >= 4 is 17.6 Å². The van der Waals surface area contributed by atoms with Crippen LogP contribution in [0.15, 0.2) is 78.4 Å². The molecule has 7 heteroatoms. The number of aromatic nitrogens is 1. The number of allylic oxidation sites excluding steroid dienone is 1.